The molecule has 0 bridgehead atoms. The number of thiophene rings is 2. The van der Waals surface area contributed by atoms with Crippen molar-refractivity contribution in [2.75, 3.05) is 0 Å². The number of para-hydroxylation sites is 2. The van der Waals surface area contributed by atoms with E-state index in [9.17, 15) is 0 Å². The monoisotopic (exact) mass is 852 g/mol. The van der Waals surface area contributed by atoms with Gasteiger partial charge in [0, 0.05) is 84.3 Å². The first-order valence-electron chi connectivity index (χ1n) is 21.3. The van der Waals surface area contributed by atoms with Gasteiger partial charge in [-0.2, -0.15) is 0 Å². The zero-order chi connectivity index (χ0) is 41.9. The molecule has 14 aromatic rings. The minimum absolute atomic E-state index is 0.597. The SMILES string of the molecule is c1ccc(-n2c3ccccc3c3c(-c4ccc5oc6cccc(-c7nc(-c8ccc9c(c8)sc8ccccc89)nc(-c8ccc9c(c8)sc8ccccc89)n7)c6c5c4)cccc32)cc1. The fourth-order valence-corrected chi connectivity index (χ4v) is 12.1. The molecule has 5 nitrogen and oxygen atoms in total. The van der Waals surface area contributed by atoms with E-state index in [-0.39, 0.29) is 0 Å². The molecule has 0 fully saturated rings. The number of aromatic nitrogens is 4. The van der Waals surface area contributed by atoms with Crippen molar-refractivity contribution < 1.29 is 4.42 Å². The van der Waals surface area contributed by atoms with Gasteiger partial charge in [0.1, 0.15) is 11.2 Å². The van der Waals surface area contributed by atoms with Crippen LogP contribution in [0.2, 0.25) is 0 Å². The summed E-state index contributed by atoms with van der Waals surface area (Å²) in [7, 11) is 0. The van der Waals surface area contributed by atoms with E-state index in [1.807, 2.05) is 12.1 Å². The molecule has 0 saturated heterocycles. The molecule has 9 aromatic carbocycles. The van der Waals surface area contributed by atoms with E-state index in [2.05, 4.69) is 187 Å². The molecule has 64 heavy (non-hydrogen) atoms. The van der Waals surface area contributed by atoms with E-state index in [1.54, 1.807) is 22.7 Å². The number of fused-ring (bicyclic) bond motifs is 12. The summed E-state index contributed by atoms with van der Waals surface area (Å²) >= 11 is 3.59. The molecule has 0 spiro atoms. The number of benzene rings is 9. The van der Waals surface area contributed by atoms with E-state index in [1.165, 1.54) is 56.6 Å². The van der Waals surface area contributed by atoms with Crippen molar-refractivity contribution in [3.8, 4) is 51.0 Å². The Labute approximate surface area is 373 Å². The number of furan rings is 1. The van der Waals surface area contributed by atoms with Gasteiger partial charge in [0.05, 0.1) is 11.0 Å². The predicted molar refractivity (Wildman–Crippen MR) is 269 cm³/mol. The summed E-state index contributed by atoms with van der Waals surface area (Å²) in [5, 5.41) is 9.40. The largest absolute Gasteiger partial charge is 0.456 e. The summed E-state index contributed by atoms with van der Waals surface area (Å²) in [5.41, 5.74) is 10.1. The van der Waals surface area contributed by atoms with Crippen molar-refractivity contribution >= 4 is 107 Å². The van der Waals surface area contributed by atoms with Gasteiger partial charge in [0.25, 0.3) is 0 Å². The second kappa shape index (κ2) is 13.8. The molecule has 0 atom stereocenters. The summed E-state index contributed by atoms with van der Waals surface area (Å²) in [5.74, 6) is 1.85. The summed E-state index contributed by atoms with van der Waals surface area (Å²) in [6, 6.07) is 69.0. The van der Waals surface area contributed by atoms with E-state index < -0.39 is 0 Å². The van der Waals surface area contributed by atoms with Gasteiger partial charge >= 0.3 is 0 Å². The van der Waals surface area contributed by atoms with Crippen molar-refractivity contribution in [1.82, 2.24) is 19.5 Å². The van der Waals surface area contributed by atoms with Crippen molar-refractivity contribution in [2.45, 2.75) is 0 Å². The molecule has 0 unspecified atom stereocenters. The van der Waals surface area contributed by atoms with Crippen LogP contribution in [-0.2, 0) is 0 Å². The Morgan fingerprint density at radius 2 is 0.906 bits per heavy atom. The Balaban J connectivity index is 0.983. The van der Waals surface area contributed by atoms with Crippen LogP contribution in [0.1, 0.15) is 0 Å². The average molecular weight is 853 g/mol. The summed E-state index contributed by atoms with van der Waals surface area (Å²) in [4.78, 5) is 15.9. The minimum Gasteiger partial charge on any atom is -0.456 e. The molecule has 0 saturated carbocycles. The number of rotatable bonds is 5. The van der Waals surface area contributed by atoms with Crippen molar-refractivity contribution in [3.05, 3.63) is 194 Å². The zero-order valence-electron chi connectivity index (χ0n) is 34.0. The third kappa shape index (κ3) is 5.38. The Kier molecular flexibility index (Phi) is 7.66. The number of hydrogen-bond donors (Lipinski definition) is 0. The molecule has 5 heterocycles. The Bertz CT molecular complexity index is 4080. The molecule has 0 N–H and O–H groups in total. The Morgan fingerprint density at radius 1 is 0.344 bits per heavy atom. The van der Waals surface area contributed by atoms with Crippen molar-refractivity contribution in [1.29, 1.82) is 0 Å². The van der Waals surface area contributed by atoms with Crippen LogP contribution in [0.5, 0.6) is 0 Å². The normalized spacial score (nSPS) is 12.1. The molecule has 298 valence electrons. The highest BCUT2D eigenvalue weighted by atomic mass is 32.1. The van der Waals surface area contributed by atoms with Crippen LogP contribution >= 0.6 is 22.7 Å². The van der Waals surface area contributed by atoms with Gasteiger partial charge in [-0.25, -0.2) is 15.0 Å². The highest BCUT2D eigenvalue weighted by Crippen LogP contribution is 2.43. The van der Waals surface area contributed by atoms with Crippen LogP contribution in [0.4, 0.5) is 0 Å². The van der Waals surface area contributed by atoms with Crippen LogP contribution in [0, 0.1) is 0 Å². The van der Waals surface area contributed by atoms with E-state index >= 15 is 0 Å². The summed E-state index contributed by atoms with van der Waals surface area (Å²) < 4.78 is 13.9. The predicted octanol–water partition coefficient (Wildman–Crippen LogP) is 16.3. The smallest absolute Gasteiger partial charge is 0.164 e. The molecule has 0 aliphatic heterocycles. The third-order valence-electron chi connectivity index (χ3n) is 12.7. The fraction of sp³-hybridized carbons (Fsp3) is 0. The van der Waals surface area contributed by atoms with Crippen molar-refractivity contribution in [2.24, 2.45) is 0 Å². The molecular weight excluding hydrogens is 821 g/mol. The maximum Gasteiger partial charge on any atom is 0.164 e. The van der Waals surface area contributed by atoms with Gasteiger partial charge in [0.15, 0.2) is 17.5 Å². The molecule has 0 aliphatic rings. The average Bonchev–Trinajstić information content (AvgIpc) is 4.12. The third-order valence-corrected chi connectivity index (χ3v) is 14.9. The van der Waals surface area contributed by atoms with Gasteiger partial charge in [-0.05, 0) is 77.9 Å². The number of hydrogen-bond acceptors (Lipinski definition) is 6. The lowest BCUT2D eigenvalue weighted by atomic mass is 9.97. The van der Waals surface area contributed by atoms with Crippen LogP contribution in [0.15, 0.2) is 199 Å². The van der Waals surface area contributed by atoms with E-state index in [0.29, 0.717) is 17.5 Å². The lowest BCUT2D eigenvalue weighted by Gasteiger charge is -2.10. The standard InChI is InChI=1S/C57H32N4OS2/c1-2-12-36(13-3-1)61-45-19-7-4-16-42(45)53-37(17-10-20-46(53)61)33-26-29-47-44(30-33)54-43(18-11-21-48(54)62-47)57-59-55(34-24-27-40-38-14-5-8-22-49(38)63-51(40)31-34)58-56(60-57)35-25-28-41-39-15-6-9-23-50(39)64-52(41)32-35/h1-32H. The lowest BCUT2D eigenvalue weighted by molar-refractivity contribution is 0.669. The van der Waals surface area contributed by atoms with Crippen molar-refractivity contribution in [3.63, 3.8) is 0 Å². The zero-order valence-corrected chi connectivity index (χ0v) is 35.6. The highest BCUT2D eigenvalue weighted by molar-refractivity contribution is 7.26. The molecule has 0 radical (unpaired) electrons. The summed E-state index contributed by atoms with van der Waals surface area (Å²) in [6.45, 7) is 0. The molecule has 7 heteroatoms. The van der Waals surface area contributed by atoms with Crippen LogP contribution in [0.3, 0.4) is 0 Å². The second-order valence-corrected chi connectivity index (χ2v) is 18.5. The topological polar surface area (TPSA) is 56.7 Å². The number of nitrogens with zero attached hydrogens (tertiary/aromatic N) is 4. The Hall–Kier alpha value is -7.97. The molecule has 5 aromatic heterocycles. The lowest BCUT2D eigenvalue weighted by Crippen LogP contribution is -2.00. The van der Waals surface area contributed by atoms with Crippen LogP contribution in [-0.4, -0.2) is 19.5 Å². The van der Waals surface area contributed by atoms with Gasteiger partial charge in [0.2, 0.25) is 0 Å². The Morgan fingerprint density at radius 3 is 1.62 bits per heavy atom. The summed E-state index contributed by atoms with van der Waals surface area (Å²) in [6.07, 6.45) is 0. The van der Waals surface area contributed by atoms with E-state index in [4.69, 9.17) is 19.4 Å². The van der Waals surface area contributed by atoms with Gasteiger partial charge in [-0.1, -0.05) is 127 Å². The highest BCUT2D eigenvalue weighted by Gasteiger charge is 2.21. The maximum absolute atomic E-state index is 6.64. The maximum atomic E-state index is 6.64. The van der Waals surface area contributed by atoms with Crippen LogP contribution in [0.25, 0.3) is 135 Å². The minimum atomic E-state index is 0.597. The molecule has 0 amide bonds. The second-order valence-electron chi connectivity index (χ2n) is 16.3. The van der Waals surface area contributed by atoms with E-state index in [0.717, 1.165) is 61.0 Å². The quantitative estimate of drug-likeness (QED) is 0.173. The molecule has 0 aliphatic carbocycles. The molecule has 14 rings (SSSR count). The van der Waals surface area contributed by atoms with Gasteiger partial charge < -0.3 is 8.98 Å². The molecular formula is C57H32N4OS2. The van der Waals surface area contributed by atoms with Gasteiger partial charge in [-0.15, -0.1) is 22.7 Å². The first-order valence-corrected chi connectivity index (χ1v) is 23.0. The van der Waals surface area contributed by atoms with Crippen LogP contribution < -0.4 is 0 Å². The first-order chi connectivity index (χ1) is 31.7. The van der Waals surface area contributed by atoms with Gasteiger partial charge in [-0.3, -0.25) is 0 Å². The fourth-order valence-electron chi connectivity index (χ4n) is 9.78. The first kappa shape index (κ1) is 35.6.